The molecule has 4 aromatic heterocycles. The first kappa shape index (κ1) is 41.4. The molecule has 0 spiro atoms. The number of aryl methyl sites for hydroxylation is 1. The number of hydrogen-bond donors (Lipinski definition) is 1. The van der Waals surface area contributed by atoms with Crippen LogP contribution in [0.15, 0.2) is 97.7 Å². The van der Waals surface area contributed by atoms with Crippen LogP contribution in [0.4, 0.5) is 32.2 Å². The lowest BCUT2D eigenvalue weighted by molar-refractivity contribution is 0.00578. The lowest BCUT2D eigenvalue weighted by Crippen LogP contribution is -2.41. The molecule has 0 amide bonds. The van der Waals surface area contributed by atoms with Crippen molar-refractivity contribution in [2.24, 2.45) is 0 Å². The molecular weight excluding hydrogens is 793 g/mol. The fourth-order valence-corrected chi connectivity index (χ4v) is 7.47. The molecule has 310 valence electrons. The minimum atomic E-state index is -0.806. The number of hydrogen-bond acceptors (Lipinski definition) is 7. The Morgan fingerprint density at radius 2 is 1.13 bits per heavy atom. The van der Waals surface area contributed by atoms with Crippen LogP contribution in [0.3, 0.4) is 0 Å². The van der Waals surface area contributed by atoms with E-state index in [0.717, 1.165) is 12.1 Å². The van der Waals surface area contributed by atoms with Gasteiger partial charge in [0.1, 0.15) is 52.7 Å². The topological polar surface area (TPSA) is 101 Å². The zero-order valence-corrected chi connectivity index (χ0v) is 33.8. The third kappa shape index (κ3) is 8.15. The standard InChI is InChI=1S/C24H18F3N5.C22H21BF3NO2/c1-2-32-11-20(21-23(28)30-12-31-24(21)32)18-4-3-14-8-17(29-10-19(14)22(18)27)7-13-5-15(25)9-16(26)6-13;1-21(2)22(3,4)29-23(28-21)19-6-5-14-10-17(27-12-18(14)20(19)26)9-13-7-15(24)11-16(25)8-13/h3-6,8-12H,2,7H2,1H3,(H2,28,30,31);5-8,10-12H,9H2,1-4H3. The molecule has 0 radical (unpaired) electrons. The Morgan fingerprint density at radius 1 is 0.623 bits per heavy atom. The van der Waals surface area contributed by atoms with E-state index in [1.165, 1.54) is 43.0 Å². The van der Waals surface area contributed by atoms with Crippen molar-refractivity contribution in [1.29, 1.82) is 0 Å². The Hall–Kier alpha value is -6.32. The minimum absolute atomic E-state index is 0.228. The number of fused-ring (bicyclic) bond motifs is 3. The average Bonchev–Trinajstić information content (AvgIpc) is 3.67. The summed E-state index contributed by atoms with van der Waals surface area (Å²) in [4.78, 5) is 17.0. The molecule has 1 saturated heterocycles. The summed E-state index contributed by atoms with van der Waals surface area (Å²) in [6, 6.07) is 17.0. The molecule has 0 unspecified atom stereocenters. The summed E-state index contributed by atoms with van der Waals surface area (Å²) in [6.07, 6.45) is 6.56. The van der Waals surface area contributed by atoms with Gasteiger partial charge in [-0.05, 0) is 92.9 Å². The fourth-order valence-electron chi connectivity index (χ4n) is 7.47. The third-order valence-electron chi connectivity index (χ3n) is 11.3. The van der Waals surface area contributed by atoms with E-state index in [1.807, 2.05) is 45.4 Å². The molecule has 2 N–H and O–H groups in total. The Balaban J connectivity index is 0.000000169. The molecule has 1 aliphatic heterocycles. The second kappa shape index (κ2) is 15.9. The quantitative estimate of drug-likeness (QED) is 0.126. The van der Waals surface area contributed by atoms with Crippen molar-refractivity contribution in [2.45, 2.75) is 65.2 Å². The van der Waals surface area contributed by atoms with Crippen molar-refractivity contribution >= 4 is 51.0 Å². The van der Waals surface area contributed by atoms with Crippen LogP contribution in [0, 0.1) is 34.9 Å². The minimum Gasteiger partial charge on any atom is -0.399 e. The number of nitrogens with zero attached hydrogens (tertiary/aromatic N) is 5. The van der Waals surface area contributed by atoms with E-state index in [1.54, 1.807) is 36.4 Å². The molecule has 8 nitrogen and oxygen atoms in total. The molecule has 0 aliphatic carbocycles. The monoisotopic (exact) mass is 832 g/mol. The number of anilines is 1. The molecule has 0 bridgehead atoms. The highest BCUT2D eigenvalue weighted by atomic mass is 19.2. The summed E-state index contributed by atoms with van der Waals surface area (Å²) < 4.78 is 98.3. The second-order valence-electron chi connectivity index (χ2n) is 16.0. The summed E-state index contributed by atoms with van der Waals surface area (Å²) in [5.74, 6) is -3.17. The molecule has 8 aromatic rings. The summed E-state index contributed by atoms with van der Waals surface area (Å²) >= 11 is 0. The van der Waals surface area contributed by atoms with E-state index in [-0.39, 0.29) is 18.7 Å². The lowest BCUT2D eigenvalue weighted by atomic mass is 9.77. The van der Waals surface area contributed by atoms with E-state index >= 15 is 8.78 Å². The summed E-state index contributed by atoms with van der Waals surface area (Å²) in [6.45, 7) is 10.3. The third-order valence-corrected chi connectivity index (χ3v) is 11.3. The van der Waals surface area contributed by atoms with Gasteiger partial charge in [-0.1, -0.05) is 24.3 Å². The Morgan fingerprint density at radius 3 is 1.66 bits per heavy atom. The normalized spacial score (nSPS) is 14.5. The summed E-state index contributed by atoms with van der Waals surface area (Å²) in [5, 5.41) is 2.56. The van der Waals surface area contributed by atoms with Crippen LogP contribution in [0.25, 0.3) is 43.7 Å². The van der Waals surface area contributed by atoms with Gasteiger partial charge in [0.15, 0.2) is 0 Å². The molecule has 5 heterocycles. The zero-order valence-electron chi connectivity index (χ0n) is 33.8. The van der Waals surface area contributed by atoms with Crippen molar-refractivity contribution in [3.05, 3.63) is 155 Å². The van der Waals surface area contributed by atoms with Crippen molar-refractivity contribution in [2.75, 3.05) is 5.73 Å². The second-order valence-corrected chi connectivity index (χ2v) is 16.0. The van der Waals surface area contributed by atoms with Crippen LogP contribution in [-0.4, -0.2) is 42.8 Å². The van der Waals surface area contributed by atoms with Gasteiger partial charge in [0.05, 0.1) is 16.6 Å². The number of nitrogens with two attached hydrogens (primary N) is 1. The van der Waals surface area contributed by atoms with Crippen molar-refractivity contribution in [1.82, 2.24) is 24.5 Å². The number of benzene rings is 4. The highest BCUT2D eigenvalue weighted by Crippen LogP contribution is 2.38. The number of pyridine rings is 2. The molecule has 9 rings (SSSR count). The van der Waals surface area contributed by atoms with Gasteiger partial charge in [-0.15, -0.1) is 0 Å². The molecule has 0 saturated carbocycles. The Bertz CT molecular complexity index is 2940. The number of rotatable bonds is 7. The van der Waals surface area contributed by atoms with E-state index in [9.17, 15) is 17.6 Å². The Labute approximate surface area is 347 Å². The van der Waals surface area contributed by atoms with Crippen LogP contribution in [0.5, 0.6) is 0 Å². The van der Waals surface area contributed by atoms with Gasteiger partial charge in [-0.2, -0.15) is 0 Å². The first-order chi connectivity index (χ1) is 29.0. The van der Waals surface area contributed by atoms with E-state index in [2.05, 4.69) is 19.9 Å². The molecule has 1 aliphatic rings. The number of nitrogen functional groups attached to an aromatic ring is 1. The highest BCUT2D eigenvalue weighted by molar-refractivity contribution is 6.62. The fraction of sp³-hybridized carbons (Fsp3) is 0.217. The van der Waals surface area contributed by atoms with Gasteiger partial charge in [0, 0.05) is 88.9 Å². The molecule has 1 fully saturated rings. The average molecular weight is 833 g/mol. The molecule has 4 aromatic carbocycles. The van der Waals surface area contributed by atoms with Crippen molar-refractivity contribution in [3.63, 3.8) is 0 Å². The smallest absolute Gasteiger partial charge is 0.399 e. The predicted octanol–water partition coefficient (Wildman–Crippen LogP) is 9.80. The zero-order chi connectivity index (χ0) is 43.4. The van der Waals surface area contributed by atoms with Gasteiger partial charge < -0.3 is 19.6 Å². The largest absolute Gasteiger partial charge is 0.497 e. The molecule has 61 heavy (non-hydrogen) atoms. The lowest BCUT2D eigenvalue weighted by Gasteiger charge is -2.32. The van der Waals surface area contributed by atoms with Gasteiger partial charge in [0.25, 0.3) is 0 Å². The Kier molecular flexibility index (Phi) is 10.8. The molecular formula is C46H39BF6N6O2. The number of halogens is 6. The van der Waals surface area contributed by atoms with Gasteiger partial charge >= 0.3 is 7.12 Å². The maximum atomic E-state index is 15.6. The van der Waals surface area contributed by atoms with E-state index in [4.69, 9.17) is 15.0 Å². The first-order valence-corrected chi connectivity index (χ1v) is 19.5. The van der Waals surface area contributed by atoms with Gasteiger partial charge in [-0.25, -0.2) is 36.3 Å². The summed E-state index contributed by atoms with van der Waals surface area (Å²) in [5.41, 5.74) is 8.98. The van der Waals surface area contributed by atoms with Crippen LogP contribution < -0.4 is 11.2 Å². The SMILES string of the molecule is CC1(C)OB(c2ccc3cc(Cc4cc(F)cc(F)c4)ncc3c2F)OC1(C)C.CCn1cc(-c2ccc3cc(Cc4cc(F)cc(F)c4)ncc3c2F)c2c(N)ncnc21. The highest BCUT2D eigenvalue weighted by Gasteiger charge is 2.52. The summed E-state index contributed by atoms with van der Waals surface area (Å²) in [7, 11) is -0.806. The van der Waals surface area contributed by atoms with Crippen molar-refractivity contribution in [3.8, 4) is 11.1 Å². The van der Waals surface area contributed by atoms with Gasteiger partial charge in [-0.3, -0.25) is 9.97 Å². The maximum absolute atomic E-state index is 15.6. The van der Waals surface area contributed by atoms with Crippen LogP contribution in [-0.2, 0) is 28.7 Å². The van der Waals surface area contributed by atoms with E-state index < -0.39 is 53.2 Å². The first-order valence-electron chi connectivity index (χ1n) is 19.5. The molecule has 0 atom stereocenters. The van der Waals surface area contributed by atoms with Crippen molar-refractivity contribution < 1.29 is 35.7 Å². The van der Waals surface area contributed by atoms with Crippen LogP contribution in [0.1, 0.15) is 57.1 Å². The molecule has 15 heteroatoms. The predicted molar refractivity (Wildman–Crippen MR) is 224 cm³/mol. The number of aromatic nitrogens is 5. The van der Waals surface area contributed by atoms with Gasteiger partial charge in [0.2, 0.25) is 0 Å². The van der Waals surface area contributed by atoms with Crippen LogP contribution in [0.2, 0.25) is 0 Å². The van der Waals surface area contributed by atoms with Crippen LogP contribution >= 0.6 is 0 Å². The maximum Gasteiger partial charge on any atom is 0.497 e. The van der Waals surface area contributed by atoms with E-state index in [0.29, 0.717) is 78.2 Å².